The Kier molecular flexibility index (Phi) is 5.07. The van der Waals surface area contributed by atoms with E-state index in [1.165, 1.54) is 0 Å². The molecule has 0 radical (unpaired) electrons. The van der Waals surface area contributed by atoms with Crippen molar-refractivity contribution in [3.8, 4) is 5.69 Å². The molecule has 2 rings (SSSR count). The van der Waals surface area contributed by atoms with Crippen LogP contribution >= 0.6 is 0 Å². The van der Waals surface area contributed by atoms with Gasteiger partial charge in [0, 0.05) is 6.61 Å². The maximum absolute atomic E-state index is 12.6. The Balaban J connectivity index is 2.29. The van der Waals surface area contributed by atoms with E-state index >= 15 is 0 Å². The van der Waals surface area contributed by atoms with Crippen LogP contribution < -0.4 is 0 Å². The number of nitrogens with zero attached hydrogens (tertiary/aromatic N) is 2. The Morgan fingerprint density at radius 1 is 1.25 bits per heavy atom. The van der Waals surface area contributed by atoms with Gasteiger partial charge in [-0.25, -0.2) is 4.68 Å². The van der Waals surface area contributed by atoms with Crippen molar-refractivity contribution in [3.63, 3.8) is 0 Å². The van der Waals surface area contributed by atoms with E-state index in [2.05, 4.69) is 5.10 Å². The third-order valence-corrected chi connectivity index (χ3v) is 3.11. The predicted molar refractivity (Wildman–Crippen MR) is 78.2 cm³/mol. The van der Waals surface area contributed by atoms with Gasteiger partial charge >= 0.3 is 0 Å². The molecule has 0 spiro atoms. The van der Waals surface area contributed by atoms with Crippen molar-refractivity contribution < 1.29 is 9.53 Å². The Morgan fingerprint density at radius 2 is 2.00 bits per heavy atom. The average Bonchev–Trinajstić information content (AvgIpc) is 2.96. The molecule has 4 heteroatoms. The monoisotopic (exact) mass is 272 g/mol. The third kappa shape index (κ3) is 3.14. The maximum Gasteiger partial charge on any atom is 0.209 e. The minimum absolute atomic E-state index is 0.00458. The van der Waals surface area contributed by atoms with Crippen molar-refractivity contribution in [1.29, 1.82) is 0 Å². The summed E-state index contributed by atoms with van der Waals surface area (Å²) in [5.74, 6) is -0.00458. The van der Waals surface area contributed by atoms with Gasteiger partial charge in [0.15, 0.2) is 0 Å². The summed E-state index contributed by atoms with van der Waals surface area (Å²) in [6.07, 6.45) is 2.90. The van der Waals surface area contributed by atoms with E-state index < -0.39 is 0 Å². The van der Waals surface area contributed by atoms with Gasteiger partial charge in [0.1, 0.15) is 11.8 Å². The zero-order valence-electron chi connectivity index (χ0n) is 12.0. The molecule has 0 saturated heterocycles. The van der Waals surface area contributed by atoms with Gasteiger partial charge < -0.3 is 4.74 Å². The molecule has 0 fully saturated rings. The number of rotatable bonds is 7. The Hall–Kier alpha value is -1.94. The van der Waals surface area contributed by atoms with Gasteiger partial charge in [-0.3, -0.25) is 4.79 Å². The first-order valence-corrected chi connectivity index (χ1v) is 7.03. The van der Waals surface area contributed by atoms with Crippen molar-refractivity contribution in [2.75, 3.05) is 6.61 Å². The largest absolute Gasteiger partial charge is 0.370 e. The summed E-state index contributed by atoms with van der Waals surface area (Å²) >= 11 is 0. The lowest BCUT2D eigenvalue weighted by Crippen LogP contribution is -2.26. The van der Waals surface area contributed by atoms with Gasteiger partial charge in [-0.1, -0.05) is 31.5 Å². The summed E-state index contributed by atoms with van der Waals surface area (Å²) in [4.78, 5) is 12.6. The van der Waals surface area contributed by atoms with Crippen LogP contribution in [-0.2, 0) is 4.74 Å². The van der Waals surface area contributed by atoms with Crippen LogP contribution in [0.4, 0.5) is 0 Å². The number of hydrogen-bond donors (Lipinski definition) is 0. The zero-order chi connectivity index (χ0) is 14.4. The normalized spacial score (nSPS) is 12.3. The summed E-state index contributed by atoms with van der Waals surface area (Å²) in [7, 11) is 0. The van der Waals surface area contributed by atoms with E-state index in [9.17, 15) is 4.79 Å². The summed E-state index contributed by atoms with van der Waals surface area (Å²) in [6, 6.07) is 11.4. The molecule has 0 aliphatic rings. The lowest BCUT2D eigenvalue weighted by Gasteiger charge is -2.15. The van der Waals surface area contributed by atoms with E-state index in [1.54, 1.807) is 16.9 Å². The van der Waals surface area contributed by atoms with Gasteiger partial charge in [0.05, 0.1) is 11.9 Å². The molecule has 0 aliphatic heterocycles. The number of benzene rings is 1. The average molecular weight is 272 g/mol. The van der Waals surface area contributed by atoms with Crippen molar-refractivity contribution in [2.24, 2.45) is 0 Å². The second kappa shape index (κ2) is 7.01. The molecule has 2 aromatic rings. The topological polar surface area (TPSA) is 44.1 Å². The van der Waals surface area contributed by atoms with Gasteiger partial charge in [0.25, 0.3) is 0 Å². The molecule has 0 saturated carbocycles. The maximum atomic E-state index is 12.6. The number of carbonyl (C=O) groups is 1. The lowest BCUT2D eigenvalue weighted by molar-refractivity contribution is 0.0416. The second-order valence-corrected chi connectivity index (χ2v) is 4.56. The number of ketones is 1. The number of Topliss-reactive ketones (excluding diaryl/α,β-unsaturated/α-hetero) is 1. The van der Waals surface area contributed by atoms with Crippen molar-refractivity contribution in [3.05, 3.63) is 48.3 Å². The van der Waals surface area contributed by atoms with Gasteiger partial charge in [-0.05, 0) is 31.5 Å². The molecular formula is C16H20N2O2. The molecule has 0 bridgehead atoms. The van der Waals surface area contributed by atoms with Crippen LogP contribution in [0.15, 0.2) is 42.6 Å². The molecule has 1 heterocycles. The number of hydrogen-bond acceptors (Lipinski definition) is 3. The van der Waals surface area contributed by atoms with Crippen molar-refractivity contribution in [2.45, 2.75) is 32.8 Å². The molecule has 0 N–H and O–H groups in total. The molecule has 1 aromatic heterocycles. The first-order valence-electron chi connectivity index (χ1n) is 7.03. The van der Waals surface area contributed by atoms with Crippen molar-refractivity contribution in [1.82, 2.24) is 9.78 Å². The second-order valence-electron chi connectivity index (χ2n) is 4.56. The van der Waals surface area contributed by atoms with Gasteiger partial charge in [-0.2, -0.15) is 5.10 Å². The molecule has 4 nitrogen and oxygen atoms in total. The van der Waals surface area contributed by atoms with Gasteiger partial charge in [-0.15, -0.1) is 0 Å². The van der Waals surface area contributed by atoms with E-state index in [-0.39, 0.29) is 11.9 Å². The first-order chi connectivity index (χ1) is 9.77. The fourth-order valence-electron chi connectivity index (χ4n) is 2.18. The molecule has 1 unspecified atom stereocenters. The highest BCUT2D eigenvalue weighted by atomic mass is 16.5. The standard InChI is InChI=1S/C16H20N2O2/c1-3-8-15(20-4-2)16(19)14-11-12-17-18(14)13-9-6-5-7-10-13/h5-7,9-12,15H,3-4,8H2,1-2H3. The molecule has 20 heavy (non-hydrogen) atoms. The predicted octanol–water partition coefficient (Wildman–Crippen LogP) is 3.26. The highest BCUT2D eigenvalue weighted by molar-refractivity contribution is 5.98. The third-order valence-electron chi connectivity index (χ3n) is 3.11. The molecule has 1 atom stereocenters. The van der Waals surface area contributed by atoms with Crippen molar-refractivity contribution >= 4 is 5.78 Å². The van der Waals surface area contributed by atoms with E-state index in [1.807, 2.05) is 44.2 Å². The number of para-hydroxylation sites is 1. The number of aromatic nitrogens is 2. The smallest absolute Gasteiger partial charge is 0.209 e. The zero-order valence-corrected chi connectivity index (χ0v) is 12.0. The summed E-state index contributed by atoms with van der Waals surface area (Å²) in [5, 5.41) is 4.25. The highest BCUT2D eigenvalue weighted by Gasteiger charge is 2.23. The highest BCUT2D eigenvalue weighted by Crippen LogP contribution is 2.15. The summed E-state index contributed by atoms with van der Waals surface area (Å²) in [6.45, 7) is 4.49. The Labute approximate surface area is 119 Å². The molecule has 0 amide bonds. The minimum Gasteiger partial charge on any atom is -0.370 e. The lowest BCUT2D eigenvalue weighted by atomic mass is 10.1. The molecule has 106 valence electrons. The minimum atomic E-state index is -0.385. The van der Waals surface area contributed by atoms with Crippen LogP contribution in [0.3, 0.4) is 0 Å². The fourth-order valence-corrected chi connectivity index (χ4v) is 2.18. The van der Waals surface area contributed by atoms with Crippen LogP contribution in [0, 0.1) is 0 Å². The number of ether oxygens (including phenoxy) is 1. The molecular weight excluding hydrogens is 252 g/mol. The Bertz CT molecular complexity index is 543. The fraction of sp³-hybridized carbons (Fsp3) is 0.375. The summed E-state index contributed by atoms with van der Waals surface area (Å²) < 4.78 is 7.24. The summed E-state index contributed by atoms with van der Waals surface area (Å²) in [5.41, 5.74) is 1.45. The van der Waals surface area contributed by atoms with Crippen LogP contribution in [-0.4, -0.2) is 28.3 Å². The quantitative estimate of drug-likeness (QED) is 0.727. The molecule has 0 aliphatic carbocycles. The number of carbonyl (C=O) groups excluding carboxylic acids is 1. The van der Waals surface area contributed by atoms with E-state index in [0.29, 0.717) is 12.3 Å². The molecule has 1 aromatic carbocycles. The Morgan fingerprint density at radius 3 is 2.65 bits per heavy atom. The first kappa shape index (κ1) is 14.5. The van der Waals surface area contributed by atoms with Crippen LogP contribution in [0.1, 0.15) is 37.2 Å². The van der Waals surface area contributed by atoms with Crippen LogP contribution in [0.2, 0.25) is 0 Å². The van der Waals surface area contributed by atoms with Crippen LogP contribution in [0.5, 0.6) is 0 Å². The SMILES string of the molecule is CCCC(OCC)C(=O)c1ccnn1-c1ccccc1. The van der Waals surface area contributed by atoms with E-state index in [4.69, 9.17) is 4.74 Å². The van der Waals surface area contributed by atoms with Gasteiger partial charge in [0.2, 0.25) is 5.78 Å². The van der Waals surface area contributed by atoms with Crippen LogP contribution in [0.25, 0.3) is 5.69 Å². The van der Waals surface area contributed by atoms with E-state index in [0.717, 1.165) is 18.5 Å².